The second-order valence-electron chi connectivity index (χ2n) is 3.64. The van der Waals surface area contributed by atoms with E-state index in [2.05, 4.69) is 0 Å². The van der Waals surface area contributed by atoms with Gasteiger partial charge in [0.25, 0.3) is 0 Å². The van der Waals surface area contributed by atoms with Crippen molar-refractivity contribution in [3.63, 3.8) is 0 Å². The Bertz CT molecular complexity index is 415. The Morgan fingerprint density at radius 2 is 2.33 bits per heavy atom. The van der Waals surface area contributed by atoms with Crippen LogP contribution in [0.5, 0.6) is 5.75 Å². The maximum Gasteiger partial charge on any atom is 0.310 e. The third-order valence-electron chi connectivity index (χ3n) is 2.65. The molecule has 0 bridgehead atoms. The van der Waals surface area contributed by atoms with Crippen LogP contribution in [0.3, 0.4) is 0 Å². The van der Waals surface area contributed by atoms with E-state index in [9.17, 15) is 9.18 Å². The average Bonchev–Trinajstić information content (AvgIpc) is 2.62. The second kappa shape index (κ2) is 3.53. The molecule has 2 rings (SSSR count). The number of carboxylic acid groups (broad SMARTS) is 1. The molecule has 4 heteroatoms. The highest BCUT2D eigenvalue weighted by atomic mass is 19.1. The Hall–Kier alpha value is -1.58. The van der Waals surface area contributed by atoms with E-state index < -0.39 is 17.7 Å². The lowest BCUT2D eigenvalue weighted by atomic mass is 9.97. The highest BCUT2D eigenvalue weighted by molar-refractivity contribution is 5.75. The molecule has 1 atom stereocenters. The molecule has 0 aromatic heterocycles. The van der Waals surface area contributed by atoms with Crippen molar-refractivity contribution in [1.29, 1.82) is 0 Å². The van der Waals surface area contributed by atoms with Crippen molar-refractivity contribution in [2.24, 2.45) is 0 Å². The van der Waals surface area contributed by atoms with Gasteiger partial charge >= 0.3 is 5.97 Å². The summed E-state index contributed by atoms with van der Waals surface area (Å²) in [6, 6.07) is 2.87. The fourth-order valence-electron chi connectivity index (χ4n) is 1.68. The number of hydrogen-bond acceptors (Lipinski definition) is 2. The molecule has 15 heavy (non-hydrogen) atoms. The lowest BCUT2D eigenvalue weighted by Gasteiger charge is -2.09. The summed E-state index contributed by atoms with van der Waals surface area (Å²) in [5.74, 6) is -1.82. The maximum absolute atomic E-state index is 13.5. The molecular formula is C11H11FO3. The van der Waals surface area contributed by atoms with Crippen molar-refractivity contribution < 1.29 is 19.0 Å². The predicted molar refractivity (Wildman–Crippen MR) is 51.6 cm³/mol. The summed E-state index contributed by atoms with van der Waals surface area (Å²) in [6.07, 6.45) is 0.717. The Morgan fingerprint density at radius 1 is 1.60 bits per heavy atom. The number of carbonyl (C=O) groups is 1. The van der Waals surface area contributed by atoms with E-state index in [0.29, 0.717) is 12.4 Å². The largest absolute Gasteiger partial charge is 0.493 e. The van der Waals surface area contributed by atoms with Gasteiger partial charge in [0.2, 0.25) is 0 Å². The summed E-state index contributed by atoms with van der Waals surface area (Å²) in [4.78, 5) is 10.8. The van der Waals surface area contributed by atoms with E-state index in [1.807, 2.05) is 0 Å². The molecule has 0 saturated carbocycles. The summed E-state index contributed by atoms with van der Waals surface area (Å²) in [5.41, 5.74) is 1.12. The van der Waals surface area contributed by atoms with Crippen molar-refractivity contribution in [3.8, 4) is 5.75 Å². The summed E-state index contributed by atoms with van der Waals surface area (Å²) in [5, 5.41) is 8.81. The molecule has 0 amide bonds. The van der Waals surface area contributed by atoms with Crippen molar-refractivity contribution >= 4 is 5.97 Å². The standard InChI is InChI=1S/C11H11FO3/c1-6(11(13)14)8-4-7-2-3-15-10(7)5-9(8)12/h4-6H,2-3H2,1H3,(H,13,14). The second-order valence-corrected chi connectivity index (χ2v) is 3.64. The summed E-state index contributed by atoms with van der Waals surface area (Å²) in [6.45, 7) is 2.02. The minimum Gasteiger partial charge on any atom is -0.493 e. The van der Waals surface area contributed by atoms with Crippen LogP contribution in [0.15, 0.2) is 12.1 Å². The quantitative estimate of drug-likeness (QED) is 0.811. The lowest BCUT2D eigenvalue weighted by Crippen LogP contribution is -2.09. The van der Waals surface area contributed by atoms with Crippen LogP contribution in [0.1, 0.15) is 24.0 Å². The van der Waals surface area contributed by atoms with Gasteiger partial charge in [-0.25, -0.2) is 4.39 Å². The van der Waals surface area contributed by atoms with E-state index >= 15 is 0 Å². The van der Waals surface area contributed by atoms with E-state index in [-0.39, 0.29) is 5.56 Å². The van der Waals surface area contributed by atoms with Crippen LogP contribution < -0.4 is 4.74 Å². The minimum atomic E-state index is -1.02. The normalized spacial score (nSPS) is 15.6. The molecule has 1 aromatic rings. The molecule has 1 aliphatic heterocycles. The van der Waals surface area contributed by atoms with Gasteiger partial charge in [-0.3, -0.25) is 4.79 Å². The molecule has 0 aliphatic carbocycles. The van der Waals surface area contributed by atoms with Gasteiger partial charge in [0, 0.05) is 18.1 Å². The molecule has 1 aromatic carbocycles. The van der Waals surface area contributed by atoms with Gasteiger partial charge in [-0.05, 0) is 18.6 Å². The van der Waals surface area contributed by atoms with Crippen molar-refractivity contribution in [2.45, 2.75) is 19.3 Å². The zero-order valence-electron chi connectivity index (χ0n) is 8.29. The van der Waals surface area contributed by atoms with Crippen molar-refractivity contribution in [3.05, 3.63) is 29.1 Å². The van der Waals surface area contributed by atoms with Gasteiger partial charge in [-0.2, -0.15) is 0 Å². The SMILES string of the molecule is CC(C(=O)O)c1cc2c(cc1F)OCC2. The van der Waals surface area contributed by atoms with Gasteiger partial charge in [-0.15, -0.1) is 0 Å². The lowest BCUT2D eigenvalue weighted by molar-refractivity contribution is -0.138. The first kappa shape index (κ1) is 9.96. The summed E-state index contributed by atoms with van der Waals surface area (Å²) in [7, 11) is 0. The summed E-state index contributed by atoms with van der Waals surface area (Å²) < 4.78 is 18.7. The number of halogens is 1. The molecule has 0 saturated heterocycles. The Morgan fingerprint density at radius 3 is 3.00 bits per heavy atom. The molecule has 80 valence electrons. The van der Waals surface area contributed by atoms with Crippen LogP contribution >= 0.6 is 0 Å². The zero-order valence-corrected chi connectivity index (χ0v) is 8.29. The average molecular weight is 210 g/mol. The van der Waals surface area contributed by atoms with Crippen LogP contribution in [-0.4, -0.2) is 17.7 Å². The van der Waals surface area contributed by atoms with Crippen molar-refractivity contribution in [1.82, 2.24) is 0 Å². The first-order valence-electron chi connectivity index (χ1n) is 4.77. The molecule has 0 radical (unpaired) electrons. The van der Waals surface area contributed by atoms with Gasteiger partial charge in [0.15, 0.2) is 0 Å². The zero-order chi connectivity index (χ0) is 11.0. The molecule has 3 nitrogen and oxygen atoms in total. The monoisotopic (exact) mass is 210 g/mol. The number of hydrogen-bond donors (Lipinski definition) is 1. The predicted octanol–water partition coefficient (Wildman–Crippen LogP) is 1.95. The summed E-state index contributed by atoms with van der Waals surface area (Å²) >= 11 is 0. The van der Waals surface area contributed by atoms with Gasteiger partial charge in [0.1, 0.15) is 11.6 Å². The Kier molecular flexibility index (Phi) is 2.34. The molecule has 0 spiro atoms. The Balaban J connectivity index is 2.44. The van der Waals surface area contributed by atoms with E-state index in [4.69, 9.17) is 9.84 Å². The number of carboxylic acids is 1. The number of aliphatic carboxylic acids is 1. The van der Waals surface area contributed by atoms with Crippen LogP contribution in [0, 0.1) is 5.82 Å². The van der Waals surface area contributed by atoms with Crippen LogP contribution in [-0.2, 0) is 11.2 Å². The third-order valence-corrected chi connectivity index (χ3v) is 2.65. The van der Waals surface area contributed by atoms with Crippen LogP contribution in [0.25, 0.3) is 0 Å². The topological polar surface area (TPSA) is 46.5 Å². The van der Waals surface area contributed by atoms with E-state index in [0.717, 1.165) is 12.0 Å². The number of rotatable bonds is 2. The van der Waals surface area contributed by atoms with Crippen molar-refractivity contribution in [2.75, 3.05) is 6.61 Å². The fraction of sp³-hybridized carbons (Fsp3) is 0.364. The van der Waals surface area contributed by atoms with Gasteiger partial charge < -0.3 is 9.84 Å². The minimum absolute atomic E-state index is 0.228. The maximum atomic E-state index is 13.5. The van der Waals surface area contributed by atoms with Gasteiger partial charge in [-0.1, -0.05) is 0 Å². The van der Waals surface area contributed by atoms with Gasteiger partial charge in [0.05, 0.1) is 12.5 Å². The molecule has 1 unspecified atom stereocenters. The highest BCUT2D eigenvalue weighted by Gasteiger charge is 2.22. The first-order valence-corrected chi connectivity index (χ1v) is 4.77. The number of ether oxygens (including phenoxy) is 1. The molecular weight excluding hydrogens is 199 g/mol. The number of benzene rings is 1. The smallest absolute Gasteiger partial charge is 0.310 e. The highest BCUT2D eigenvalue weighted by Crippen LogP contribution is 2.31. The van der Waals surface area contributed by atoms with Crippen LogP contribution in [0.2, 0.25) is 0 Å². The Labute approximate surface area is 86.5 Å². The fourth-order valence-corrected chi connectivity index (χ4v) is 1.68. The molecule has 1 heterocycles. The van der Waals surface area contributed by atoms with E-state index in [1.54, 1.807) is 6.07 Å². The molecule has 1 N–H and O–H groups in total. The number of fused-ring (bicyclic) bond motifs is 1. The third kappa shape index (κ3) is 1.67. The van der Waals surface area contributed by atoms with E-state index in [1.165, 1.54) is 13.0 Å². The first-order chi connectivity index (χ1) is 7.09. The van der Waals surface area contributed by atoms with Crippen LogP contribution in [0.4, 0.5) is 4.39 Å². The molecule has 1 aliphatic rings. The molecule has 0 fully saturated rings.